The molecule has 0 radical (unpaired) electrons. The first-order valence-corrected chi connectivity index (χ1v) is 8.49. The van der Waals surface area contributed by atoms with E-state index in [1.54, 1.807) is 6.92 Å². The highest BCUT2D eigenvalue weighted by molar-refractivity contribution is 7.90. The third kappa shape index (κ3) is 2.96. The van der Waals surface area contributed by atoms with Crippen LogP contribution in [0.4, 0.5) is 5.82 Å². The molecule has 0 unspecified atom stereocenters. The summed E-state index contributed by atoms with van der Waals surface area (Å²) in [5.41, 5.74) is 0.931. The number of ether oxygens (including phenoxy) is 2. The summed E-state index contributed by atoms with van der Waals surface area (Å²) in [5.74, 6) is 2.19. The molecule has 0 bridgehead atoms. The van der Waals surface area contributed by atoms with Crippen LogP contribution in [0, 0.1) is 6.92 Å². The molecule has 0 fully saturated rings. The van der Waals surface area contributed by atoms with E-state index in [-0.39, 0.29) is 11.7 Å². The quantitative estimate of drug-likeness (QED) is 0.913. The van der Waals surface area contributed by atoms with E-state index in [1.165, 1.54) is 6.20 Å². The van der Waals surface area contributed by atoms with Crippen molar-refractivity contribution in [2.24, 2.45) is 0 Å². The molecule has 0 aliphatic carbocycles. The maximum atomic E-state index is 11.8. The topological polar surface area (TPSA) is 90.4 Å². The lowest BCUT2D eigenvalue weighted by atomic mass is 10.2. The van der Waals surface area contributed by atoms with E-state index in [0.29, 0.717) is 29.7 Å². The standard InChI is InChI=1S/C14H15N3O4S/c1-9-15-7-13(22(2,18)19)14(17-9)16-6-10-3-4-11-12(5-10)21-8-20-11/h3-5,7H,6,8H2,1-2H3,(H,15,16,17). The summed E-state index contributed by atoms with van der Waals surface area (Å²) in [6.07, 6.45) is 2.45. The molecule has 1 N–H and O–H groups in total. The van der Waals surface area contributed by atoms with Crippen molar-refractivity contribution in [2.45, 2.75) is 18.4 Å². The van der Waals surface area contributed by atoms with Gasteiger partial charge in [0, 0.05) is 12.8 Å². The molecule has 7 nitrogen and oxygen atoms in total. The Balaban J connectivity index is 1.83. The Morgan fingerprint density at radius 3 is 2.82 bits per heavy atom. The number of fused-ring (bicyclic) bond motifs is 1. The van der Waals surface area contributed by atoms with Gasteiger partial charge in [0.2, 0.25) is 6.79 Å². The minimum atomic E-state index is -3.40. The fourth-order valence-corrected chi connectivity index (χ4v) is 2.81. The molecule has 116 valence electrons. The zero-order chi connectivity index (χ0) is 15.7. The van der Waals surface area contributed by atoms with E-state index < -0.39 is 9.84 Å². The second-order valence-electron chi connectivity index (χ2n) is 4.94. The van der Waals surface area contributed by atoms with Crippen LogP contribution in [0.25, 0.3) is 0 Å². The van der Waals surface area contributed by atoms with Gasteiger partial charge in [-0.25, -0.2) is 18.4 Å². The van der Waals surface area contributed by atoms with Crippen LogP contribution in [0.1, 0.15) is 11.4 Å². The Hall–Kier alpha value is -2.35. The molecule has 1 aromatic heterocycles. The molecule has 1 aliphatic rings. The third-order valence-corrected chi connectivity index (χ3v) is 4.27. The lowest BCUT2D eigenvalue weighted by Gasteiger charge is -2.10. The van der Waals surface area contributed by atoms with E-state index in [4.69, 9.17) is 9.47 Å². The first kappa shape index (κ1) is 14.6. The zero-order valence-electron chi connectivity index (χ0n) is 12.2. The van der Waals surface area contributed by atoms with Crippen molar-refractivity contribution in [2.75, 3.05) is 18.4 Å². The highest BCUT2D eigenvalue weighted by atomic mass is 32.2. The predicted molar refractivity (Wildman–Crippen MR) is 79.8 cm³/mol. The minimum absolute atomic E-state index is 0.0823. The number of rotatable bonds is 4. The van der Waals surface area contributed by atoms with Crippen molar-refractivity contribution in [1.29, 1.82) is 0 Å². The molecule has 22 heavy (non-hydrogen) atoms. The van der Waals surface area contributed by atoms with Crippen LogP contribution in [0.2, 0.25) is 0 Å². The molecule has 0 spiro atoms. The van der Waals surface area contributed by atoms with Crippen LogP contribution in [-0.2, 0) is 16.4 Å². The number of nitrogens with zero attached hydrogens (tertiary/aromatic N) is 2. The lowest BCUT2D eigenvalue weighted by Crippen LogP contribution is -2.10. The molecule has 1 aromatic carbocycles. The second kappa shape index (κ2) is 5.45. The first-order valence-electron chi connectivity index (χ1n) is 6.59. The number of nitrogens with one attached hydrogen (secondary N) is 1. The predicted octanol–water partition coefficient (Wildman–Crippen LogP) is 1.53. The Morgan fingerprint density at radius 1 is 1.27 bits per heavy atom. The summed E-state index contributed by atoms with van der Waals surface area (Å²) in [6, 6.07) is 5.56. The molecule has 0 amide bonds. The maximum Gasteiger partial charge on any atom is 0.231 e. The lowest BCUT2D eigenvalue weighted by molar-refractivity contribution is 0.174. The van der Waals surface area contributed by atoms with Crippen molar-refractivity contribution >= 4 is 15.7 Å². The average molecular weight is 321 g/mol. The van der Waals surface area contributed by atoms with Gasteiger partial charge in [-0.1, -0.05) is 6.07 Å². The van der Waals surface area contributed by atoms with Gasteiger partial charge in [0.05, 0.1) is 6.20 Å². The number of anilines is 1. The van der Waals surface area contributed by atoms with Gasteiger partial charge in [-0.2, -0.15) is 0 Å². The molecule has 1 aliphatic heterocycles. The Labute approximate surface area is 128 Å². The molecule has 2 aromatic rings. The summed E-state index contributed by atoms with van der Waals surface area (Å²) in [6.45, 7) is 2.34. The SMILES string of the molecule is Cc1ncc(S(C)(=O)=O)c(NCc2ccc3c(c2)OCO3)n1. The minimum Gasteiger partial charge on any atom is -0.454 e. The fourth-order valence-electron chi connectivity index (χ4n) is 2.09. The van der Waals surface area contributed by atoms with Crippen LogP contribution >= 0.6 is 0 Å². The fraction of sp³-hybridized carbons (Fsp3) is 0.286. The summed E-state index contributed by atoms with van der Waals surface area (Å²) in [4.78, 5) is 8.19. The number of hydrogen-bond acceptors (Lipinski definition) is 7. The molecule has 3 rings (SSSR count). The van der Waals surface area contributed by atoms with E-state index in [0.717, 1.165) is 11.8 Å². The van der Waals surface area contributed by atoms with E-state index in [1.807, 2.05) is 18.2 Å². The van der Waals surface area contributed by atoms with Crippen molar-refractivity contribution < 1.29 is 17.9 Å². The zero-order valence-corrected chi connectivity index (χ0v) is 13.0. The van der Waals surface area contributed by atoms with Crippen molar-refractivity contribution in [3.05, 3.63) is 35.8 Å². The van der Waals surface area contributed by atoms with Gasteiger partial charge in [0.25, 0.3) is 0 Å². The summed E-state index contributed by atoms with van der Waals surface area (Å²) < 4.78 is 34.1. The van der Waals surface area contributed by atoms with Gasteiger partial charge in [0.1, 0.15) is 16.5 Å². The molecule has 8 heteroatoms. The third-order valence-electron chi connectivity index (χ3n) is 3.17. The van der Waals surface area contributed by atoms with Crippen LogP contribution < -0.4 is 14.8 Å². The van der Waals surface area contributed by atoms with Gasteiger partial charge < -0.3 is 14.8 Å². The van der Waals surface area contributed by atoms with Crippen molar-refractivity contribution in [1.82, 2.24) is 9.97 Å². The average Bonchev–Trinajstić information content (AvgIpc) is 2.91. The normalized spacial score (nSPS) is 13.2. The summed E-state index contributed by atoms with van der Waals surface area (Å²) in [7, 11) is -3.40. The number of aryl methyl sites for hydroxylation is 1. The molecular weight excluding hydrogens is 306 g/mol. The highest BCUT2D eigenvalue weighted by Crippen LogP contribution is 2.32. The summed E-state index contributed by atoms with van der Waals surface area (Å²) in [5, 5.41) is 3.04. The van der Waals surface area contributed by atoms with Gasteiger partial charge in [-0.3, -0.25) is 0 Å². The molecule has 2 heterocycles. The Morgan fingerprint density at radius 2 is 2.05 bits per heavy atom. The van der Waals surface area contributed by atoms with Gasteiger partial charge in [-0.05, 0) is 24.6 Å². The molecule has 0 saturated carbocycles. The molecule has 0 saturated heterocycles. The largest absolute Gasteiger partial charge is 0.454 e. The van der Waals surface area contributed by atoms with Crippen molar-refractivity contribution in [3.63, 3.8) is 0 Å². The van der Waals surface area contributed by atoms with Crippen LogP contribution in [-0.4, -0.2) is 31.4 Å². The van der Waals surface area contributed by atoms with E-state index >= 15 is 0 Å². The number of benzene rings is 1. The smallest absolute Gasteiger partial charge is 0.231 e. The maximum absolute atomic E-state index is 11.8. The number of sulfone groups is 1. The number of hydrogen-bond donors (Lipinski definition) is 1. The first-order chi connectivity index (χ1) is 10.4. The van der Waals surface area contributed by atoms with Crippen LogP contribution in [0.3, 0.4) is 0 Å². The Kier molecular flexibility index (Phi) is 3.61. The number of aromatic nitrogens is 2. The van der Waals surface area contributed by atoms with Crippen LogP contribution in [0.15, 0.2) is 29.3 Å². The summed E-state index contributed by atoms with van der Waals surface area (Å²) >= 11 is 0. The second-order valence-corrected chi connectivity index (χ2v) is 6.93. The monoisotopic (exact) mass is 321 g/mol. The highest BCUT2D eigenvalue weighted by Gasteiger charge is 2.17. The van der Waals surface area contributed by atoms with E-state index in [9.17, 15) is 8.42 Å². The van der Waals surface area contributed by atoms with Crippen LogP contribution in [0.5, 0.6) is 11.5 Å². The molecule has 0 atom stereocenters. The van der Waals surface area contributed by atoms with Crippen molar-refractivity contribution in [3.8, 4) is 11.5 Å². The van der Waals surface area contributed by atoms with Gasteiger partial charge >= 0.3 is 0 Å². The molecular formula is C14H15N3O4S. The van der Waals surface area contributed by atoms with Gasteiger partial charge in [0.15, 0.2) is 21.3 Å². The Bertz CT molecular complexity index is 821. The van der Waals surface area contributed by atoms with Gasteiger partial charge in [-0.15, -0.1) is 0 Å². The van der Waals surface area contributed by atoms with E-state index in [2.05, 4.69) is 15.3 Å².